The van der Waals surface area contributed by atoms with E-state index in [0.29, 0.717) is 92.8 Å². The fraction of sp³-hybridized carbons (Fsp3) is 0.448. The molecule has 4 aromatic carbocycles. The molecule has 6 aromatic rings. The van der Waals surface area contributed by atoms with Crippen LogP contribution in [0.2, 0.25) is 33.2 Å². The second kappa shape index (κ2) is 21.7. The molecular formula is C58H73ClF2N4O5Si2. The molecule has 384 valence electrons. The lowest BCUT2D eigenvalue weighted by Gasteiger charge is -2.42. The highest BCUT2D eigenvalue weighted by atomic mass is 35.5. The number of aliphatic hydroxyl groups is 1. The van der Waals surface area contributed by atoms with Gasteiger partial charge in [-0.1, -0.05) is 107 Å². The Morgan fingerprint density at radius 1 is 0.569 bits per heavy atom. The van der Waals surface area contributed by atoms with E-state index in [2.05, 4.69) is 89.2 Å². The number of fused-ring (bicyclic) bond motifs is 4. The van der Waals surface area contributed by atoms with Crippen molar-refractivity contribution in [1.82, 2.24) is 19.8 Å². The minimum atomic E-state index is -2.40. The van der Waals surface area contributed by atoms with Crippen LogP contribution in [0.1, 0.15) is 148 Å². The highest BCUT2D eigenvalue weighted by Gasteiger charge is 2.50. The molecule has 2 aliphatic rings. The predicted molar refractivity (Wildman–Crippen MR) is 292 cm³/mol. The van der Waals surface area contributed by atoms with E-state index in [9.17, 15) is 23.5 Å². The van der Waals surface area contributed by atoms with Gasteiger partial charge in [0.15, 0.2) is 0 Å². The topological polar surface area (TPSA) is 105 Å². The Hall–Kier alpha value is -5.22. The fourth-order valence-electron chi connectivity index (χ4n) is 12.2. The molecule has 2 aliphatic heterocycles. The van der Waals surface area contributed by atoms with Crippen molar-refractivity contribution in [2.75, 3.05) is 14.1 Å². The number of aromatic nitrogens is 2. The van der Waals surface area contributed by atoms with Crippen molar-refractivity contribution in [3.05, 3.63) is 140 Å². The molecule has 4 heterocycles. The van der Waals surface area contributed by atoms with E-state index in [1.165, 1.54) is 24.3 Å². The first-order valence-electron chi connectivity index (χ1n) is 25.5. The van der Waals surface area contributed by atoms with Crippen molar-refractivity contribution in [1.29, 1.82) is 0 Å². The minimum absolute atomic E-state index is 0.0374. The third-order valence-electron chi connectivity index (χ3n) is 15.6. The third-order valence-corrected chi connectivity index (χ3v) is 27.8. The van der Waals surface area contributed by atoms with Gasteiger partial charge in [0.05, 0.1) is 17.7 Å². The summed E-state index contributed by atoms with van der Waals surface area (Å²) < 4.78 is 41.1. The summed E-state index contributed by atoms with van der Waals surface area (Å²) in [6.45, 7) is 27.5. The zero-order valence-electron chi connectivity index (χ0n) is 44.6. The van der Waals surface area contributed by atoms with Crippen LogP contribution < -0.4 is 8.85 Å². The Morgan fingerprint density at radius 2 is 0.903 bits per heavy atom. The highest BCUT2D eigenvalue weighted by molar-refractivity contribution is 6.79. The van der Waals surface area contributed by atoms with Crippen molar-refractivity contribution in [3.63, 3.8) is 0 Å². The number of carbonyl (C=O) groups is 2. The monoisotopic (exact) mass is 1030 g/mol. The van der Waals surface area contributed by atoms with E-state index < -0.39 is 16.6 Å². The molecule has 1 N–H and O–H groups in total. The molecule has 0 atom stereocenters. The van der Waals surface area contributed by atoms with Crippen molar-refractivity contribution < 1.29 is 32.3 Å². The maximum atomic E-state index is 13.4. The zero-order chi connectivity index (χ0) is 52.7. The molecule has 9 nitrogen and oxygen atoms in total. The van der Waals surface area contributed by atoms with E-state index in [1.807, 2.05) is 19.3 Å². The highest BCUT2D eigenvalue weighted by Crippen LogP contribution is 2.50. The van der Waals surface area contributed by atoms with Crippen LogP contribution in [0, 0.1) is 11.6 Å². The first-order valence-corrected chi connectivity index (χ1v) is 30.3. The maximum Gasteiger partial charge on any atom is 0.258 e. The molecule has 0 fully saturated rings. The van der Waals surface area contributed by atoms with Crippen LogP contribution in [0.3, 0.4) is 0 Å². The number of amides is 2. The van der Waals surface area contributed by atoms with Crippen molar-refractivity contribution in [2.24, 2.45) is 0 Å². The van der Waals surface area contributed by atoms with Gasteiger partial charge >= 0.3 is 0 Å². The second-order valence-corrected chi connectivity index (χ2v) is 32.9. The number of benzene rings is 4. The minimum Gasteiger partial charge on any atom is -0.541 e. The van der Waals surface area contributed by atoms with Crippen LogP contribution in [0.25, 0.3) is 21.8 Å². The summed E-state index contributed by atoms with van der Waals surface area (Å²) in [6, 6.07) is 17.1. The largest absolute Gasteiger partial charge is 0.541 e. The summed E-state index contributed by atoms with van der Waals surface area (Å²) in [5.41, 5.74) is 11.9. The zero-order valence-corrected chi connectivity index (χ0v) is 47.4. The van der Waals surface area contributed by atoms with Gasteiger partial charge in [-0.25, -0.2) is 8.78 Å². The van der Waals surface area contributed by atoms with E-state index in [0.717, 1.165) is 55.3 Å². The molecule has 2 aromatic heterocycles. The number of nitrogens with zero attached hydrogens (tertiary/aromatic N) is 4. The normalized spacial score (nSPS) is 14.0. The van der Waals surface area contributed by atoms with Gasteiger partial charge in [0.2, 0.25) is 0 Å². The first kappa shape index (κ1) is 54.6. The van der Waals surface area contributed by atoms with Gasteiger partial charge < -0.3 is 23.8 Å². The van der Waals surface area contributed by atoms with Crippen LogP contribution in [0.15, 0.2) is 73.1 Å². The quantitative estimate of drug-likeness (QED) is 0.0760. The second-order valence-electron chi connectivity index (χ2n) is 21.9. The molecule has 0 bridgehead atoms. The lowest BCUT2D eigenvalue weighted by molar-refractivity contribution is 0.0807. The molecule has 14 heteroatoms. The molecule has 0 saturated carbocycles. The summed E-state index contributed by atoms with van der Waals surface area (Å²) in [5, 5.41) is 12.2. The smallest absolute Gasteiger partial charge is 0.258 e. The number of hydrogen-bond acceptors (Lipinski definition) is 7. The van der Waals surface area contributed by atoms with Gasteiger partial charge in [0, 0.05) is 56.2 Å². The van der Waals surface area contributed by atoms with Crippen molar-refractivity contribution in [2.45, 2.75) is 155 Å². The molecule has 72 heavy (non-hydrogen) atoms. The molecule has 8 rings (SSSR count). The van der Waals surface area contributed by atoms with Gasteiger partial charge in [0.25, 0.3) is 28.4 Å². The Kier molecular flexibility index (Phi) is 16.4. The Bertz CT molecular complexity index is 2740. The molecule has 0 radical (unpaired) electrons. The number of pyridine rings is 2. The lowest BCUT2D eigenvalue weighted by Crippen LogP contribution is -2.51. The summed E-state index contributed by atoms with van der Waals surface area (Å²) in [7, 11) is -1.16. The number of halogens is 3. The maximum absolute atomic E-state index is 13.4. The van der Waals surface area contributed by atoms with Crippen molar-refractivity contribution >= 4 is 61.9 Å². The standard InChI is InChI=1S/C29H36ClFN2O2Si.C29H37FN2O3Si/c1-17(2)36(18(3)4,19(5)6)35-28-26-25(16-33(7)29(26)34)24(14-30)23-13-21(15-32-27(23)28)12-20-8-10-22(31)11-9-20;1-17(2)36(18(3)4,19(5)6)35-28-26-24(15-32(7)29(26)34)25(16-33)23-13-21(14-31-27(23)28)12-20-8-10-22(30)11-9-20/h8-11,13,15,17-19H,12,14,16H2,1-7H3;8-11,13-14,17-19,33H,12,15-16H2,1-7H3. The van der Waals surface area contributed by atoms with Crippen molar-refractivity contribution in [3.8, 4) is 11.5 Å². The number of carbonyl (C=O) groups excluding carboxylic acids is 2. The Balaban J connectivity index is 0.000000211. The third kappa shape index (κ3) is 9.95. The van der Waals surface area contributed by atoms with Crippen LogP contribution in [0.5, 0.6) is 11.5 Å². The number of hydrogen-bond donors (Lipinski definition) is 1. The molecule has 0 aliphatic carbocycles. The van der Waals surface area contributed by atoms with Gasteiger partial charge in [-0.05, 0) is 127 Å². The predicted octanol–water partition coefficient (Wildman–Crippen LogP) is 14.4. The number of alkyl halides is 1. The fourth-order valence-corrected chi connectivity index (χ4v) is 23.1. The van der Waals surface area contributed by atoms with Gasteiger partial charge in [-0.15, -0.1) is 11.6 Å². The Morgan fingerprint density at radius 3 is 1.22 bits per heavy atom. The summed E-state index contributed by atoms with van der Waals surface area (Å²) in [5.74, 6) is 0.832. The average molecular weight is 1040 g/mol. The summed E-state index contributed by atoms with van der Waals surface area (Å²) in [4.78, 5) is 40.0. The van der Waals surface area contributed by atoms with Gasteiger partial charge in [-0.3, -0.25) is 19.6 Å². The number of aliphatic hydroxyl groups excluding tert-OH is 1. The first-order chi connectivity index (χ1) is 34.0. The lowest BCUT2D eigenvalue weighted by atomic mass is 9.95. The molecule has 2 amide bonds. The average Bonchev–Trinajstić information content (AvgIpc) is 3.79. The van der Waals surface area contributed by atoms with Crippen LogP contribution in [-0.2, 0) is 38.4 Å². The SMILES string of the molecule is CC(C)[Si](Oc1c2c(c(CCl)c3cc(Cc4ccc(F)cc4)cnc13)CN(C)C2=O)(C(C)C)C(C)C.CC(C)[Si](Oc1c2c(c(CO)c3cc(Cc4ccc(F)cc4)cnc13)CN(C)C2=O)(C(C)C)C(C)C. The summed E-state index contributed by atoms with van der Waals surface area (Å²) >= 11 is 6.52. The van der Waals surface area contributed by atoms with E-state index in [1.54, 1.807) is 47.3 Å². The molecular weight excluding hydrogens is 962 g/mol. The molecule has 0 spiro atoms. The molecule has 0 unspecified atom stereocenters. The van der Waals surface area contributed by atoms with E-state index in [-0.39, 0.29) is 35.9 Å². The Labute approximate surface area is 432 Å². The van der Waals surface area contributed by atoms with E-state index in [4.69, 9.17) is 30.4 Å². The van der Waals surface area contributed by atoms with Crippen LogP contribution in [-0.4, -0.2) is 67.4 Å². The molecule has 0 saturated heterocycles. The summed E-state index contributed by atoms with van der Waals surface area (Å²) in [6.07, 6.45) is 4.86. The van der Waals surface area contributed by atoms with Gasteiger partial charge in [-0.2, -0.15) is 0 Å². The van der Waals surface area contributed by atoms with Crippen LogP contribution >= 0.6 is 11.6 Å². The van der Waals surface area contributed by atoms with E-state index >= 15 is 0 Å². The van der Waals surface area contributed by atoms with Crippen LogP contribution in [0.4, 0.5) is 8.78 Å². The number of rotatable bonds is 16. The van der Waals surface area contributed by atoms with Gasteiger partial charge in [0.1, 0.15) is 34.2 Å².